The zero-order chi connectivity index (χ0) is 14.1. The van der Waals surface area contributed by atoms with E-state index in [1.807, 2.05) is 30.0 Å². The molecule has 1 saturated heterocycles. The van der Waals surface area contributed by atoms with E-state index in [1.165, 1.54) is 0 Å². The molecule has 1 fully saturated rings. The molecule has 1 aromatic carbocycles. The van der Waals surface area contributed by atoms with Crippen molar-refractivity contribution < 1.29 is 9.59 Å². The molecule has 0 aromatic heterocycles. The van der Waals surface area contributed by atoms with E-state index < -0.39 is 0 Å². The summed E-state index contributed by atoms with van der Waals surface area (Å²) in [6, 6.07) is 5.84. The zero-order valence-corrected chi connectivity index (χ0v) is 11.8. The molecule has 1 aliphatic heterocycles. The van der Waals surface area contributed by atoms with Gasteiger partial charge in [-0.3, -0.25) is 9.59 Å². The van der Waals surface area contributed by atoms with Crippen molar-refractivity contribution in [3.8, 4) is 0 Å². The van der Waals surface area contributed by atoms with E-state index in [4.69, 9.17) is 0 Å². The number of Topliss-reactive ketones (excluding diaryl/α,β-unsaturated/α-hetero) is 1. The maximum atomic E-state index is 12.4. The fourth-order valence-corrected chi connectivity index (χ4v) is 3.33. The van der Waals surface area contributed by atoms with Crippen LogP contribution in [0, 0.1) is 6.92 Å². The van der Waals surface area contributed by atoms with E-state index >= 15 is 0 Å². The van der Waals surface area contributed by atoms with Crippen LogP contribution < -0.4 is 5.32 Å². The minimum atomic E-state index is 0.0704. The van der Waals surface area contributed by atoms with Gasteiger partial charge in [0.05, 0.1) is 0 Å². The third-order valence-corrected chi connectivity index (χ3v) is 4.36. The highest BCUT2D eigenvalue weighted by Crippen LogP contribution is 2.37. The number of piperazine rings is 1. The van der Waals surface area contributed by atoms with Crippen LogP contribution in [-0.2, 0) is 4.79 Å². The zero-order valence-electron chi connectivity index (χ0n) is 11.8. The van der Waals surface area contributed by atoms with Crippen LogP contribution in [0.25, 0.3) is 0 Å². The van der Waals surface area contributed by atoms with Gasteiger partial charge in [0.1, 0.15) is 0 Å². The minimum Gasteiger partial charge on any atom is -0.340 e. The number of carbonyl (C=O) groups is 2. The van der Waals surface area contributed by atoms with Crippen LogP contribution in [0.3, 0.4) is 0 Å². The maximum Gasteiger partial charge on any atom is 0.223 e. The number of hydrogen-bond acceptors (Lipinski definition) is 3. The number of carbonyl (C=O) groups excluding carboxylic acids is 2. The Labute approximate surface area is 119 Å². The highest BCUT2D eigenvalue weighted by Gasteiger charge is 2.33. The van der Waals surface area contributed by atoms with Gasteiger partial charge in [0.15, 0.2) is 5.78 Å². The SMILES string of the molecule is Cc1cccc2c1C(CC(=O)N1CCNCC1)CC2=O. The fraction of sp³-hybridized carbons (Fsp3) is 0.500. The van der Waals surface area contributed by atoms with Crippen molar-refractivity contribution in [1.29, 1.82) is 0 Å². The van der Waals surface area contributed by atoms with Crippen molar-refractivity contribution in [3.05, 3.63) is 34.9 Å². The van der Waals surface area contributed by atoms with Crippen molar-refractivity contribution in [2.24, 2.45) is 0 Å². The number of fused-ring (bicyclic) bond motifs is 1. The molecule has 0 spiro atoms. The molecule has 1 unspecified atom stereocenters. The van der Waals surface area contributed by atoms with Gasteiger partial charge in [0, 0.05) is 50.5 Å². The summed E-state index contributed by atoms with van der Waals surface area (Å²) in [5.74, 6) is 0.434. The van der Waals surface area contributed by atoms with Crippen LogP contribution in [-0.4, -0.2) is 42.8 Å². The summed E-state index contributed by atoms with van der Waals surface area (Å²) in [5.41, 5.74) is 3.05. The number of ketones is 1. The van der Waals surface area contributed by atoms with E-state index in [1.54, 1.807) is 0 Å². The second kappa shape index (κ2) is 5.37. The molecule has 0 bridgehead atoms. The largest absolute Gasteiger partial charge is 0.340 e. The van der Waals surface area contributed by atoms with E-state index in [2.05, 4.69) is 5.32 Å². The summed E-state index contributed by atoms with van der Waals surface area (Å²) in [4.78, 5) is 26.3. The number of amides is 1. The van der Waals surface area contributed by atoms with Crippen LogP contribution in [0.4, 0.5) is 0 Å². The predicted octanol–water partition coefficient (Wildman–Crippen LogP) is 1.49. The standard InChI is InChI=1S/C16H20N2O2/c1-11-3-2-4-13-14(19)9-12(16(11)13)10-15(20)18-7-5-17-6-8-18/h2-4,12,17H,5-10H2,1H3. The lowest BCUT2D eigenvalue weighted by molar-refractivity contribution is -0.132. The molecular formula is C16H20N2O2. The van der Waals surface area contributed by atoms with Gasteiger partial charge in [-0.15, -0.1) is 0 Å². The Morgan fingerprint density at radius 1 is 1.35 bits per heavy atom. The van der Waals surface area contributed by atoms with Gasteiger partial charge in [0.25, 0.3) is 0 Å². The van der Waals surface area contributed by atoms with E-state index in [-0.39, 0.29) is 17.6 Å². The monoisotopic (exact) mass is 272 g/mol. The molecule has 1 atom stereocenters. The molecule has 1 amide bonds. The summed E-state index contributed by atoms with van der Waals surface area (Å²) >= 11 is 0. The molecule has 0 radical (unpaired) electrons. The molecule has 1 aromatic rings. The third kappa shape index (κ3) is 2.36. The van der Waals surface area contributed by atoms with E-state index in [9.17, 15) is 9.59 Å². The van der Waals surface area contributed by atoms with Crippen LogP contribution >= 0.6 is 0 Å². The topological polar surface area (TPSA) is 49.4 Å². The molecule has 1 N–H and O–H groups in total. The van der Waals surface area contributed by atoms with Gasteiger partial charge in [-0.2, -0.15) is 0 Å². The Morgan fingerprint density at radius 3 is 2.85 bits per heavy atom. The number of nitrogens with zero attached hydrogens (tertiary/aromatic N) is 1. The van der Waals surface area contributed by atoms with Crippen molar-refractivity contribution in [2.45, 2.75) is 25.7 Å². The van der Waals surface area contributed by atoms with Gasteiger partial charge < -0.3 is 10.2 Å². The Bertz CT molecular complexity index is 547. The summed E-state index contributed by atoms with van der Waals surface area (Å²) < 4.78 is 0. The van der Waals surface area contributed by atoms with E-state index in [0.29, 0.717) is 12.8 Å². The molecule has 4 nitrogen and oxygen atoms in total. The normalized spacial score (nSPS) is 21.9. The number of hydrogen-bond donors (Lipinski definition) is 1. The number of nitrogens with one attached hydrogen (secondary N) is 1. The molecule has 2 aliphatic rings. The van der Waals surface area contributed by atoms with Gasteiger partial charge in [-0.05, 0) is 18.1 Å². The fourth-order valence-electron chi connectivity index (χ4n) is 3.33. The first-order chi connectivity index (χ1) is 9.66. The lowest BCUT2D eigenvalue weighted by atomic mass is 9.93. The summed E-state index contributed by atoms with van der Waals surface area (Å²) in [6.45, 7) is 5.32. The number of benzene rings is 1. The highest BCUT2D eigenvalue weighted by atomic mass is 16.2. The van der Waals surface area contributed by atoms with Crippen LogP contribution in [0.5, 0.6) is 0 Å². The molecule has 1 heterocycles. The first kappa shape index (κ1) is 13.3. The molecule has 1 aliphatic carbocycles. The van der Waals surface area contributed by atoms with Crippen LogP contribution in [0.1, 0.15) is 40.2 Å². The lowest BCUT2D eigenvalue weighted by Crippen LogP contribution is -2.46. The van der Waals surface area contributed by atoms with Crippen LogP contribution in [0.15, 0.2) is 18.2 Å². The number of aryl methyl sites for hydroxylation is 1. The maximum absolute atomic E-state index is 12.4. The van der Waals surface area contributed by atoms with Crippen molar-refractivity contribution >= 4 is 11.7 Å². The quantitative estimate of drug-likeness (QED) is 0.887. The Balaban J connectivity index is 1.76. The molecular weight excluding hydrogens is 252 g/mol. The van der Waals surface area contributed by atoms with Crippen molar-refractivity contribution in [3.63, 3.8) is 0 Å². The molecule has 3 rings (SSSR count). The Morgan fingerprint density at radius 2 is 2.10 bits per heavy atom. The third-order valence-electron chi connectivity index (χ3n) is 4.36. The average molecular weight is 272 g/mol. The van der Waals surface area contributed by atoms with Gasteiger partial charge in [-0.1, -0.05) is 18.2 Å². The van der Waals surface area contributed by atoms with Crippen molar-refractivity contribution in [2.75, 3.05) is 26.2 Å². The summed E-state index contributed by atoms with van der Waals surface area (Å²) in [7, 11) is 0. The second-order valence-corrected chi connectivity index (χ2v) is 5.70. The Kier molecular flexibility index (Phi) is 3.57. The molecule has 0 saturated carbocycles. The predicted molar refractivity (Wildman–Crippen MR) is 76.9 cm³/mol. The van der Waals surface area contributed by atoms with Crippen molar-refractivity contribution in [1.82, 2.24) is 10.2 Å². The molecule has 4 heteroatoms. The van der Waals surface area contributed by atoms with Crippen LogP contribution in [0.2, 0.25) is 0 Å². The van der Waals surface area contributed by atoms with Gasteiger partial charge in [-0.25, -0.2) is 0 Å². The lowest BCUT2D eigenvalue weighted by Gasteiger charge is -2.28. The average Bonchev–Trinajstić information content (AvgIpc) is 2.78. The minimum absolute atomic E-state index is 0.0704. The molecule has 106 valence electrons. The van der Waals surface area contributed by atoms with Gasteiger partial charge in [0.2, 0.25) is 5.91 Å². The second-order valence-electron chi connectivity index (χ2n) is 5.70. The summed E-state index contributed by atoms with van der Waals surface area (Å²) in [5, 5.41) is 3.25. The molecule has 20 heavy (non-hydrogen) atoms. The Hall–Kier alpha value is -1.68. The first-order valence-corrected chi connectivity index (χ1v) is 7.28. The summed E-state index contributed by atoms with van der Waals surface area (Å²) in [6.07, 6.45) is 0.946. The van der Waals surface area contributed by atoms with E-state index in [0.717, 1.165) is 42.9 Å². The first-order valence-electron chi connectivity index (χ1n) is 7.28. The highest BCUT2D eigenvalue weighted by molar-refractivity contribution is 6.02. The smallest absolute Gasteiger partial charge is 0.223 e. The number of rotatable bonds is 2. The van der Waals surface area contributed by atoms with Gasteiger partial charge >= 0.3 is 0 Å².